The molecule has 1 heterocycles. The summed E-state index contributed by atoms with van der Waals surface area (Å²) in [7, 11) is 0. The topological polar surface area (TPSA) is 24.9 Å². The third-order valence-corrected chi connectivity index (χ3v) is 3.92. The molecule has 2 nitrogen and oxygen atoms in total. The third kappa shape index (κ3) is 4.94. The highest BCUT2D eigenvalue weighted by atomic mass is 35.5. The second-order valence-electron chi connectivity index (χ2n) is 5.45. The van der Waals surface area contributed by atoms with Crippen molar-refractivity contribution in [3.63, 3.8) is 0 Å². The van der Waals surface area contributed by atoms with Gasteiger partial charge in [0.1, 0.15) is 5.82 Å². The number of pyridine rings is 1. The highest BCUT2D eigenvalue weighted by Gasteiger charge is 2.13. The Labute approximate surface area is 143 Å². The van der Waals surface area contributed by atoms with Crippen LogP contribution in [0.4, 0.5) is 4.39 Å². The number of halogens is 3. The Bertz CT molecular complexity index is 569. The molecule has 0 amide bonds. The Morgan fingerprint density at radius 3 is 2.36 bits per heavy atom. The molecule has 2 aromatic rings. The Kier molecular flexibility index (Phi) is 7.80. The highest BCUT2D eigenvalue weighted by molar-refractivity contribution is 5.85. The van der Waals surface area contributed by atoms with Crippen molar-refractivity contribution in [3.05, 3.63) is 54.1 Å². The van der Waals surface area contributed by atoms with Gasteiger partial charge in [-0.3, -0.25) is 4.98 Å². The van der Waals surface area contributed by atoms with E-state index in [1.165, 1.54) is 43.4 Å². The van der Waals surface area contributed by atoms with Crippen molar-refractivity contribution in [1.29, 1.82) is 0 Å². The minimum Gasteiger partial charge on any atom is -0.310 e. The molecule has 22 heavy (non-hydrogen) atoms. The zero-order chi connectivity index (χ0) is 13.8. The molecule has 0 aliphatic heterocycles. The van der Waals surface area contributed by atoms with E-state index >= 15 is 0 Å². The van der Waals surface area contributed by atoms with Gasteiger partial charge in [-0.2, -0.15) is 0 Å². The molecular formula is C17H21Cl2FN2. The molecule has 1 N–H and O–H groups in total. The van der Waals surface area contributed by atoms with Gasteiger partial charge in [0, 0.05) is 30.5 Å². The smallest absolute Gasteiger partial charge is 0.123 e. The summed E-state index contributed by atoms with van der Waals surface area (Å²) in [5, 5.41) is 3.59. The van der Waals surface area contributed by atoms with Gasteiger partial charge in [0.25, 0.3) is 0 Å². The molecular weight excluding hydrogens is 322 g/mol. The van der Waals surface area contributed by atoms with Gasteiger partial charge in [-0.15, -0.1) is 24.8 Å². The lowest BCUT2D eigenvalue weighted by molar-refractivity contribution is 0.524. The van der Waals surface area contributed by atoms with Gasteiger partial charge in [-0.1, -0.05) is 25.0 Å². The normalized spacial score (nSPS) is 14.2. The maximum atomic E-state index is 12.9. The predicted molar refractivity (Wildman–Crippen MR) is 93.2 cm³/mol. The molecule has 120 valence electrons. The first-order chi connectivity index (χ1) is 9.81. The molecule has 1 aromatic heterocycles. The lowest BCUT2D eigenvalue weighted by Gasteiger charge is -2.12. The van der Waals surface area contributed by atoms with Crippen LogP contribution in [0.5, 0.6) is 0 Å². The van der Waals surface area contributed by atoms with Crippen LogP contribution in [-0.2, 0) is 6.54 Å². The average molecular weight is 343 g/mol. The summed E-state index contributed by atoms with van der Waals surface area (Å²) in [6, 6.07) is 9.34. The van der Waals surface area contributed by atoms with Crippen molar-refractivity contribution >= 4 is 24.8 Å². The minimum atomic E-state index is -0.208. The first-order valence-corrected chi connectivity index (χ1v) is 7.24. The molecule has 1 saturated carbocycles. The van der Waals surface area contributed by atoms with E-state index in [1.54, 1.807) is 12.1 Å². The first-order valence-electron chi connectivity index (χ1n) is 7.24. The van der Waals surface area contributed by atoms with Crippen LogP contribution in [0.3, 0.4) is 0 Å². The monoisotopic (exact) mass is 342 g/mol. The Morgan fingerprint density at radius 1 is 1.00 bits per heavy atom. The molecule has 0 bridgehead atoms. The van der Waals surface area contributed by atoms with E-state index in [0.717, 1.165) is 17.7 Å². The van der Waals surface area contributed by atoms with E-state index in [0.29, 0.717) is 6.04 Å². The van der Waals surface area contributed by atoms with Crippen LogP contribution in [0, 0.1) is 5.82 Å². The largest absolute Gasteiger partial charge is 0.310 e. The molecule has 1 aromatic carbocycles. The van der Waals surface area contributed by atoms with Crippen molar-refractivity contribution in [3.8, 4) is 11.1 Å². The standard InChI is InChI=1S/C17H19FN2.2ClH/c18-16-7-5-14(6-8-16)15-9-13(10-19-12-15)11-20-17-3-1-2-4-17;;/h5-10,12,17,20H,1-4,11H2;2*1H. The summed E-state index contributed by atoms with van der Waals surface area (Å²) in [4.78, 5) is 4.29. The lowest BCUT2D eigenvalue weighted by Crippen LogP contribution is -2.25. The highest BCUT2D eigenvalue weighted by Crippen LogP contribution is 2.21. The van der Waals surface area contributed by atoms with E-state index < -0.39 is 0 Å². The van der Waals surface area contributed by atoms with Gasteiger partial charge >= 0.3 is 0 Å². The van der Waals surface area contributed by atoms with Crippen LogP contribution in [0.1, 0.15) is 31.2 Å². The van der Waals surface area contributed by atoms with E-state index in [2.05, 4.69) is 16.4 Å². The summed E-state index contributed by atoms with van der Waals surface area (Å²) in [5.41, 5.74) is 3.22. The average Bonchev–Trinajstić information content (AvgIpc) is 3.00. The number of aromatic nitrogens is 1. The summed E-state index contributed by atoms with van der Waals surface area (Å²) in [6.07, 6.45) is 8.97. The molecule has 1 aliphatic carbocycles. The SMILES string of the molecule is Cl.Cl.Fc1ccc(-c2cncc(CNC3CCCC3)c2)cc1. The van der Waals surface area contributed by atoms with Crippen LogP contribution >= 0.6 is 24.8 Å². The minimum absolute atomic E-state index is 0. The van der Waals surface area contributed by atoms with Crippen LogP contribution in [-0.4, -0.2) is 11.0 Å². The molecule has 0 spiro atoms. The van der Waals surface area contributed by atoms with Gasteiger partial charge in [0.2, 0.25) is 0 Å². The quantitative estimate of drug-likeness (QED) is 0.865. The van der Waals surface area contributed by atoms with Crippen molar-refractivity contribution in [1.82, 2.24) is 10.3 Å². The molecule has 0 atom stereocenters. The van der Waals surface area contributed by atoms with Gasteiger partial charge < -0.3 is 5.32 Å². The first kappa shape index (κ1) is 18.9. The van der Waals surface area contributed by atoms with Crippen molar-refractivity contribution < 1.29 is 4.39 Å². The number of hydrogen-bond donors (Lipinski definition) is 1. The van der Waals surface area contributed by atoms with Crippen LogP contribution < -0.4 is 5.32 Å². The molecule has 0 radical (unpaired) electrons. The number of hydrogen-bond acceptors (Lipinski definition) is 2. The Balaban J connectivity index is 0.00000121. The van der Waals surface area contributed by atoms with E-state index in [-0.39, 0.29) is 30.6 Å². The number of rotatable bonds is 4. The Morgan fingerprint density at radius 2 is 1.68 bits per heavy atom. The molecule has 0 saturated heterocycles. The lowest BCUT2D eigenvalue weighted by atomic mass is 10.1. The Hall–Kier alpha value is -1.16. The van der Waals surface area contributed by atoms with Crippen LogP contribution in [0.2, 0.25) is 0 Å². The van der Waals surface area contributed by atoms with Crippen molar-refractivity contribution in [2.24, 2.45) is 0 Å². The second kappa shape index (κ2) is 9.09. The van der Waals surface area contributed by atoms with E-state index in [4.69, 9.17) is 0 Å². The summed E-state index contributed by atoms with van der Waals surface area (Å²) in [5.74, 6) is -0.208. The number of nitrogens with zero attached hydrogens (tertiary/aromatic N) is 1. The number of benzene rings is 1. The fraction of sp³-hybridized carbons (Fsp3) is 0.353. The summed E-state index contributed by atoms with van der Waals surface area (Å²) >= 11 is 0. The van der Waals surface area contributed by atoms with Crippen LogP contribution in [0.25, 0.3) is 11.1 Å². The van der Waals surface area contributed by atoms with Gasteiger partial charge in [-0.25, -0.2) is 4.39 Å². The summed E-state index contributed by atoms with van der Waals surface area (Å²) < 4.78 is 12.9. The maximum absolute atomic E-state index is 12.9. The zero-order valence-corrected chi connectivity index (χ0v) is 13.9. The molecule has 0 unspecified atom stereocenters. The maximum Gasteiger partial charge on any atom is 0.123 e. The second-order valence-corrected chi connectivity index (χ2v) is 5.45. The van der Waals surface area contributed by atoms with Gasteiger partial charge in [-0.05, 0) is 42.2 Å². The van der Waals surface area contributed by atoms with E-state index in [1.807, 2.05) is 12.4 Å². The molecule has 1 fully saturated rings. The van der Waals surface area contributed by atoms with Gasteiger partial charge in [0.05, 0.1) is 0 Å². The zero-order valence-electron chi connectivity index (χ0n) is 12.3. The molecule has 3 rings (SSSR count). The molecule has 5 heteroatoms. The predicted octanol–water partition coefficient (Wildman–Crippen LogP) is 4.76. The molecule has 1 aliphatic rings. The van der Waals surface area contributed by atoms with Gasteiger partial charge in [0.15, 0.2) is 0 Å². The van der Waals surface area contributed by atoms with E-state index in [9.17, 15) is 4.39 Å². The van der Waals surface area contributed by atoms with Crippen LogP contribution in [0.15, 0.2) is 42.7 Å². The third-order valence-electron chi connectivity index (χ3n) is 3.92. The fourth-order valence-corrected chi connectivity index (χ4v) is 2.78. The van der Waals surface area contributed by atoms with Crippen molar-refractivity contribution in [2.75, 3.05) is 0 Å². The number of nitrogens with one attached hydrogen (secondary N) is 1. The van der Waals surface area contributed by atoms with Crippen molar-refractivity contribution in [2.45, 2.75) is 38.3 Å². The summed E-state index contributed by atoms with van der Waals surface area (Å²) in [6.45, 7) is 0.854. The fourth-order valence-electron chi connectivity index (χ4n) is 2.78.